The van der Waals surface area contributed by atoms with E-state index < -0.39 is 0 Å². The zero-order valence-corrected chi connectivity index (χ0v) is 16.0. The number of anilines is 1. The number of carbonyl (C=O) groups is 1. The summed E-state index contributed by atoms with van der Waals surface area (Å²) < 4.78 is 1.01. The molecule has 2 aromatic carbocycles. The molecule has 0 saturated carbocycles. The van der Waals surface area contributed by atoms with Crippen molar-refractivity contribution in [2.45, 2.75) is 6.54 Å². The number of carbonyl (C=O) groups excluding carboxylic acids is 1. The van der Waals surface area contributed by atoms with Crippen molar-refractivity contribution in [2.24, 2.45) is 0 Å². The summed E-state index contributed by atoms with van der Waals surface area (Å²) >= 11 is 3.42. The van der Waals surface area contributed by atoms with Crippen LogP contribution in [-0.4, -0.2) is 43.0 Å². The molecule has 0 radical (unpaired) electrons. The van der Waals surface area contributed by atoms with Crippen LogP contribution in [0.4, 0.5) is 10.5 Å². The van der Waals surface area contributed by atoms with E-state index in [1.165, 1.54) is 0 Å². The molecule has 2 amide bonds. The molecular weight excluding hydrogens is 380 g/mol. The fourth-order valence-electron chi connectivity index (χ4n) is 2.25. The van der Waals surface area contributed by atoms with E-state index in [2.05, 4.69) is 27.3 Å². The van der Waals surface area contributed by atoms with Crippen molar-refractivity contribution in [1.82, 2.24) is 9.80 Å². The van der Waals surface area contributed by atoms with Crippen molar-refractivity contribution in [3.63, 3.8) is 0 Å². The largest absolute Gasteiger partial charge is 0.322 e. The zero-order chi connectivity index (χ0) is 18.2. The first-order chi connectivity index (χ1) is 12.0. The van der Waals surface area contributed by atoms with Crippen LogP contribution < -0.4 is 5.32 Å². The van der Waals surface area contributed by atoms with E-state index in [4.69, 9.17) is 5.26 Å². The summed E-state index contributed by atoms with van der Waals surface area (Å²) in [5.41, 5.74) is 2.20. The van der Waals surface area contributed by atoms with Crippen molar-refractivity contribution in [1.29, 1.82) is 5.26 Å². The molecule has 0 aromatic heterocycles. The predicted octanol–water partition coefficient (Wildman–Crippen LogP) is 3.92. The highest BCUT2D eigenvalue weighted by atomic mass is 79.9. The van der Waals surface area contributed by atoms with E-state index >= 15 is 0 Å². The average Bonchev–Trinajstić information content (AvgIpc) is 2.60. The van der Waals surface area contributed by atoms with Crippen LogP contribution in [0.2, 0.25) is 0 Å². The lowest BCUT2D eigenvalue weighted by molar-refractivity contribution is 0.202. The van der Waals surface area contributed by atoms with Gasteiger partial charge in [0.25, 0.3) is 0 Å². The second kappa shape index (κ2) is 9.21. The molecule has 0 atom stereocenters. The Bertz CT molecular complexity index is 753. The van der Waals surface area contributed by atoms with Crippen LogP contribution in [0.1, 0.15) is 11.1 Å². The Morgan fingerprint density at radius 1 is 1.16 bits per heavy atom. The Labute approximate surface area is 157 Å². The number of halogens is 1. The third kappa shape index (κ3) is 6.22. The Morgan fingerprint density at radius 3 is 2.52 bits per heavy atom. The molecule has 2 rings (SSSR count). The first-order valence-electron chi connectivity index (χ1n) is 7.93. The monoisotopic (exact) mass is 400 g/mol. The Morgan fingerprint density at radius 2 is 1.88 bits per heavy atom. The fraction of sp³-hybridized carbons (Fsp3) is 0.263. The van der Waals surface area contributed by atoms with Gasteiger partial charge in [-0.05, 0) is 50.0 Å². The number of likely N-dealkylation sites (N-methyl/N-ethyl adjacent to an activating group) is 1. The Balaban J connectivity index is 2.11. The zero-order valence-electron chi connectivity index (χ0n) is 14.4. The van der Waals surface area contributed by atoms with Crippen LogP contribution in [-0.2, 0) is 6.54 Å². The molecule has 0 heterocycles. The molecule has 6 heteroatoms. The van der Waals surface area contributed by atoms with Crippen molar-refractivity contribution < 1.29 is 4.79 Å². The van der Waals surface area contributed by atoms with Crippen molar-refractivity contribution in [2.75, 3.05) is 32.5 Å². The van der Waals surface area contributed by atoms with E-state index in [1.54, 1.807) is 29.2 Å². The van der Waals surface area contributed by atoms with Gasteiger partial charge in [-0.15, -0.1) is 0 Å². The molecule has 0 bridgehead atoms. The number of amides is 2. The smallest absolute Gasteiger partial charge is 0.319 e. The van der Waals surface area contributed by atoms with Crippen LogP contribution in [0.3, 0.4) is 0 Å². The third-order valence-corrected chi connectivity index (χ3v) is 4.16. The van der Waals surface area contributed by atoms with Crippen LogP contribution in [0.25, 0.3) is 0 Å². The van der Waals surface area contributed by atoms with E-state index in [0.29, 0.717) is 24.3 Å². The van der Waals surface area contributed by atoms with Crippen LogP contribution in [0.15, 0.2) is 53.0 Å². The van der Waals surface area contributed by atoms with E-state index in [-0.39, 0.29) is 6.03 Å². The third-order valence-electron chi connectivity index (χ3n) is 3.63. The number of nitrogens with zero attached hydrogens (tertiary/aromatic N) is 3. The SMILES string of the molecule is CN(C)CCN(Cc1ccc(Br)cc1)C(=O)Nc1cccc(C#N)c1. The number of rotatable bonds is 6. The Kier molecular flexibility index (Phi) is 6.99. The van der Waals surface area contributed by atoms with Crippen LogP contribution in [0, 0.1) is 11.3 Å². The highest BCUT2D eigenvalue weighted by Crippen LogP contribution is 2.14. The normalized spacial score (nSPS) is 10.4. The lowest BCUT2D eigenvalue weighted by Gasteiger charge is -2.25. The van der Waals surface area contributed by atoms with Gasteiger partial charge in [-0.1, -0.05) is 34.1 Å². The quantitative estimate of drug-likeness (QED) is 0.799. The van der Waals surface area contributed by atoms with E-state index in [9.17, 15) is 4.79 Å². The fourth-order valence-corrected chi connectivity index (χ4v) is 2.52. The van der Waals surface area contributed by atoms with Gasteiger partial charge in [-0.2, -0.15) is 5.26 Å². The number of hydrogen-bond donors (Lipinski definition) is 1. The summed E-state index contributed by atoms with van der Waals surface area (Å²) in [6.45, 7) is 1.89. The topological polar surface area (TPSA) is 59.4 Å². The second-order valence-corrected chi connectivity index (χ2v) is 6.89. The van der Waals surface area contributed by atoms with Gasteiger partial charge in [-0.3, -0.25) is 0 Å². The van der Waals surface area contributed by atoms with Crippen LogP contribution in [0.5, 0.6) is 0 Å². The van der Waals surface area contributed by atoms with Gasteiger partial charge in [0, 0.05) is 29.8 Å². The number of urea groups is 1. The first-order valence-corrected chi connectivity index (χ1v) is 8.72. The molecule has 0 aliphatic rings. The van der Waals surface area contributed by atoms with E-state index in [0.717, 1.165) is 16.6 Å². The van der Waals surface area contributed by atoms with Crippen molar-refractivity contribution >= 4 is 27.6 Å². The predicted molar refractivity (Wildman–Crippen MR) is 103 cm³/mol. The second-order valence-electron chi connectivity index (χ2n) is 5.97. The number of nitriles is 1. The lowest BCUT2D eigenvalue weighted by atomic mass is 10.2. The molecule has 25 heavy (non-hydrogen) atoms. The number of benzene rings is 2. The van der Waals surface area contributed by atoms with Gasteiger partial charge in [0.05, 0.1) is 11.6 Å². The molecule has 0 fully saturated rings. The number of hydrogen-bond acceptors (Lipinski definition) is 3. The molecule has 130 valence electrons. The molecule has 1 N–H and O–H groups in total. The standard InChI is InChI=1S/C19H21BrN4O/c1-23(2)10-11-24(14-15-6-8-17(20)9-7-15)19(25)22-18-5-3-4-16(12-18)13-21/h3-9,12H,10-11,14H2,1-2H3,(H,22,25). The summed E-state index contributed by atoms with van der Waals surface area (Å²) in [5, 5.41) is 11.9. The Hall–Kier alpha value is -2.36. The molecule has 2 aromatic rings. The molecule has 0 aliphatic heterocycles. The lowest BCUT2D eigenvalue weighted by Crippen LogP contribution is -2.39. The van der Waals surface area contributed by atoms with Gasteiger partial charge in [-0.25, -0.2) is 4.79 Å². The van der Waals surface area contributed by atoms with Crippen molar-refractivity contribution in [3.05, 3.63) is 64.1 Å². The molecule has 0 spiro atoms. The summed E-state index contributed by atoms with van der Waals surface area (Å²) in [4.78, 5) is 16.5. The number of nitrogens with one attached hydrogen (secondary N) is 1. The molecule has 0 saturated heterocycles. The minimum atomic E-state index is -0.181. The minimum absolute atomic E-state index is 0.181. The average molecular weight is 401 g/mol. The maximum absolute atomic E-state index is 12.7. The van der Waals surface area contributed by atoms with E-state index in [1.807, 2.05) is 43.3 Å². The van der Waals surface area contributed by atoms with Crippen molar-refractivity contribution in [3.8, 4) is 6.07 Å². The van der Waals surface area contributed by atoms with Gasteiger partial charge in [0.1, 0.15) is 0 Å². The molecule has 5 nitrogen and oxygen atoms in total. The van der Waals surface area contributed by atoms with Gasteiger partial charge in [0.15, 0.2) is 0 Å². The maximum Gasteiger partial charge on any atom is 0.322 e. The molecule has 0 aliphatic carbocycles. The van der Waals surface area contributed by atoms with Gasteiger partial charge < -0.3 is 15.1 Å². The van der Waals surface area contributed by atoms with Gasteiger partial charge >= 0.3 is 6.03 Å². The molecular formula is C19H21BrN4O. The summed E-state index contributed by atoms with van der Waals surface area (Å²) in [5.74, 6) is 0. The maximum atomic E-state index is 12.7. The highest BCUT2D eigenvalue weighted by Gasteiger charge is 2.15. The molecule has 0 unspecified atom stereocenters. The summed E-state index contributed by atoms with van der Waals surface area (Å²) in [6, 6.07) is 16.7. The van der Waals surface area contributed by atoms with Gasteiger partial charge in [0.2, 0.25) is 0 Å². The minimum Gasteiger partial charge on any atom is -0.319 e. The first kappa shape index (κ1) is 19.0. The van der Waals surface area contributed by atoms with Crippen LogP contribution >= 0.6 is 15.9 Å². The summed E-state index contributed by atoms with van der Waals surface area (Å²) in [6.07, 6.45) is 0. The highest BCUT2D eigenvalue weighted by molar-refractivity contribution is 9.10. The summed E-state index contributed by atoms with van der Waals surface area (Å²) in [7, 11) is 3.96.